The molecule has 4 heteroatoms. The number of hydrogen-bond acceptors (Lipinski definition) is 2. The fourth-order valence-corrected chi connectivity index (χ4v) is 2.59. The third-order valence-corrected chi connectivity index (χ3v) is 3.87. The number of carbonyl (C=O) groups is 1. The Bertz CT molecular complexity index is 692. The zero-order chi connectivity index (χ0) is 14.8. The molecule has 0 bridgehead atoms. The first-order valence-electron chi connectivity index (χ1n) is 6.55. The number of halogens is 2. The zero-order valence-corrected chi connectivity index (χ0v) is 11.8. The smallest absolute Gasteiger partial charge is 0.336 e. The van der Waals surface area contributed by atoms with Gasteiger partial charge in [-0.05, 0) is 23.3 Å². The van der Waals surface area contributed by atoms with E-state index in [4.69, 9.17) is 16.3 Å². The highest BCUT2D eigenvalue weighted by Gasteiger charge is 2.32. The first-order chi connectivity index (χ1) is 10.1. The van der Waals surface area contributed by atoms with Crippen LogP contribution in [0.2, 0.25) is 0 Å². The minimum Gasteiger partial charge on any atom is -0.454 e. The van der Waals surface area contributed by atoms with Crippen LogP contribution in [0.25, 0.3) is 5.03 Å². The first-order valence-corrected chi connectivity index (χ1v) is 6.93. The Morgan fingerprint density at radius 1 is 1.10 bits per heavy atom. The third-order valence-electron chi connectivity index (χ3n) is 3.42. The van der Waals surface area contributed by atoms with Crippen LogP contribution >= 0.6 is 11.6 Å². The van der Waals surface area contributed by atoms with Gasteiger partial charge in [-0.1, -0.05) is 54.1 Å². The Balaban J connectivity index is 1.90. The Labute approximate surface area is 126 Å². The quantitative estimate of drug-likeness (QED) is 0.604. The van der Waals surface area contributed by atoms with Crippen molar-refractivity contribution in [3.8, 4) is 0 Å². The average Bonchev–Trinajstić information content (AvgIpc) is 2.90. The fraction of sp³-hybridized carbons (Fsp3) is 0.118. The van der Waals surface area contributed by atoms with Crippen molar-refractivity contribution in [3.05, 3.63) is 77.1 Å². The van der Waals surface area contributed by atoms with E-state index < -0.39 is 12.1 Å². The maximum atomic E-state index is 12.9. The molecule has 0 radical (unpaired) electrons. The molecule has 2 nitrogen and oxygen atoms in total. The van der Waals surface area contributed by atoms with Gasteiger partial charge in [0.1, 0.15) is 11.9 Å². The Hall–Kier alpha value is -2.13. The molecule has 1 aliphatic rings. The molecule has 0 aromatic heterocycles. The minimum absolute atomic E-state index is 0.318. The molecule has 1 atom stereocenters. The van der Waals surface area contributed by atoms with E-state index >= 15 is 0 Å². The third kappa shape index (κ3) is 2.83. The van der Waals surface area contributed by atoms with Crippen LogP contribution in [0, 0.1) is 5.82 Å². The summed E-state index contributed by atoms with van der Waals surface area (Å²) in [7, 11) is 0. The zero-order valence-electron chi connectivity index (χ0n) is 11.1. The van der Waals surface area contributed by atoms with E-state index in [1.807, 2.05) is 30.3 Å². The summed E-state index contributed by atoms with van der Waals surface area (Å²) >= 11 is 6.30. The molecule has 0 saturated carbocycles. The molecule has 2 aromatic rings. The molecule has 0 aliphatic carbocycles. The number of ether oxygens (including phenoxy) is 1. The lowest BCUT2D eigenvalue weighted by molar-refractivity contribution is -0.139. The van der Waals surface area contributed by atoms with Crippen LogP contribution in [0.15, 0.2) is 60.2 Å². The van der Waals surface area contributed by atoms with Gasteiger partial charge in [-0.25, -0.2) is 9.18 Å². The van der Waals surface area contributed by atoms with Crippen molar-refractivity contribution in [2.45, 2.75) is 12.5 Å². The summed E-state index contributed by atoms with van der Waals surface area (Å²) in [6, 6.07) is 15.2. The van der Waals surface area contributed by atoms with Gasteiger partial charge in [0.25, 0.3) is 0 Å². The molecular formula is C17H12ClFO2. The first kappa shape index (κ1) is 13.8. The van der Waals surface area contributed by atoms with Gasteiger partial charge >= 0.3 is 5.97 Å². The second-order valence-electron chi connectivity index (χ2n) is 4.81. The average molecular weight is 303 g/mol. The molecule has 21 heavy (non-hydrogen) atoms. The molecular weight excluding hydrogens is 291 g/mol. The normalized spacial score (nSPS) is 20.3. The maximum absolute atomic E-state index is 12.9. The van der Waals surface area contributed by atoms with E-state index in [0.717, 1.165) is 11.1 Å². The van der Waals surface area contributed by atoms with Crippen LogP contribution in [-0.4, -0.2) is 5.97 Å². The SMILES string of the molecule is O=C1OC(c2ccc(F)cc2)C/C1=C(/Cl)c1ccccc1. The Kier molecular flexibility index (Phi) is 3.76. The monoisotopic (exact) mass is 302 g/mol. The van der Waals surface area contributed by atoms with E-state index in [0.29, 0.717) is 17.0 Å². The Morgan fingerprint density at radius 2 is 1.76 bits per heavy atom. The van der Waals surface area contributed by atoms with Gasteiger partial charge in [0.15, 0.2) is 0 Å². The van der Waals surface area contributed by atoms with Gasteiger partial charge in [0.05, 0.1) is 10.6 Å². The van der Waals surface area contributed by atoms with Crippen LogP contribution in [-0.2, 0) is 9.53 Å². The summed E-state index contributed by atoms with van der Waals surface area (Å²) in [6.45, 7) is 0. The molecule has 2 aromatic carbocycles. The lowest BCUT2D eigenvalue weighted by Crippen LogP contribution is -1.99. The molecule has 106 valence electrons. The minimum atomic E-state index is -0.418. The standard InChI is InChI=1S/C17H12ClFO2/c18-16(12-4-2-1-3-5-12)14-10-15(21-17(14)20)11-6-8-13(19)9-7-11/h1-9,15H,10H2/b16-14-. The van der Waals surface area contributed by atoms with Crippen LogP contribution in [0.4, 0.5) is 4.39 Å². The van der Waals surface area contributed by atoms with E-state index in [-0.39, 0.29) is 5.82 Å². The van der Waals surface area contributed by atoms with Crippen molar-refractivity contribution in [2.75, 3.05) is 0 Å². The van der Waals surface area contributed by atoms with Crippen LogP contribution < -0.4 is 0 Å². The highest BCUT2D eigenvalue weighted by molar-refractivity contribution is 6.51. The van der Waals surface area contributed by atoms with Crippen molar-refractivity contribution in [3.63, 3.8) is 0 Å². The van der Waals surface area contributed by atoms with Gasteiger partial charge in [-0.3, -0.25) is 0 Å². The van der Waals surface area contributed by atoms with Gasteiger partial charge in [-0.2, -0.15) is 0 Å². The largest absolute Gasteiger partial charge is 0.454 e. The number of carbonyl (C=O) groups excluding carboxylic acids is 1. The van der Waals surface area contributed by atoms with Crippen molar-refractivity contribution in [1.29, 1.82) is 0 Å². The van der Waals surface area contributed by atoms with Crippen LogP contribution in [0.3, 0.4) is 0 Å². The van der Waals surface area contributed by atoms with Crippen LogP contribution in [0.1, 0.15) is 23.7 Å². The van der Waals surface area contributed by atoms with E-state index in [1.165, 1.54) is 12.1 Å². The highest BCUT2D eigenvalue weighted by Crippen LogP contribution is 2.38. The molecule has 1 heterocycles. The topological polar surface area (TPSA) is 26.3 Å². The van der Waals surface area contributed by atoms with E-state index in [1.54, 1.807) is 12.1 Å². The summed E-state index contributed by atoms with van der Waals surface area (Å²) in [5, 5.41) is 0.408. The molecule has 3 rings (SSSR count). The molecule has 0 amide bonds. The molecule has 0 N–H and O–H groups in total. The Morgan fingerprint density at radius 3 is 2.43 bits per heavy atom. The summed E-state index contributed by atoms with van der Waals surface area (Å²) in [5.41, 5.74) is 2.00. The predicted molar refractivity (Wildman–Crippen MR) is 79.1 cm³/mol. The lowest BCUT2D eigenvalue weighted by atomic mass is 10.0. The van der Waals surface area contributed by atoms with Gasteiger partial charge in [0, 0.05) is 6.42 Å². The molecule has 1 fully saturated rings. The second-order valence-corrected chi connectivity index (χ2v) is 5.19. The van der Waals surface area contributed by atoms with Gasteiger partial charge in [-0.15, -0.1) is 0 Å². The molecule has 1 aliphatic heterocycles. The van der Waals surface area contributed by atoms with Crippen LogP contribution in [0.5, 0.6) is 0 Å². The summed E-state index contributed by atoms with van der Waals surface area (Å²) in [5.74, 6) is -0.737. The summed E-state index contributed by atoms with van der Waals surface area (Å²) < 4.78 is 18.3. The number of benzene rings is 2. The van der Waals surface area contributed by atoms with Crippen molar-refractivity contribution < 1.29 is 13.9 Å². The van der Waals surface area contributed by atoms with Crippen molar-refractivity contribution in [2.24, 2.45) is 0 Å². The van der Waals surface area contributed by atoms with E-state index in [9.17, 15) is 9.18 Å². The van der Waals surface area contributed by atoms with Gasteiger partial charge in [0.2, 0.25) is 0 Å². The molecule has 1 saturated heterocycles. The summed E-state index contributed by atoms with van der Waals surface area (Å²) in [6.07, 6.45) is -0.0244. The fourth-order valence-electron chi connectivity index (χ4n) is 2.31. The molecule has 0 spiro atoms. The predicted octanol–water partition coefficient (Wildman–Crippen LogP) is 4.46. The molecule has 1 unspecified atom stereocenters. The van der Waals surface area contributed by atoms with Gasteiger partial charge < -0.3 is 4.74 Å². The number of rotatable bonds is 2. The number of cyclic esters (lactones) is 1. The summed E-state index contributed by atoms with van der Waals surface area (Å²) in [4.78, 5) is 12.0. The van der Waals surface area contributed by atoms with E-state index in [2.05, 4.69) is 0 Å². The van der Waals surface area contributed by atoms with Crippen molar-refractivity contribution in [1.82, 2.24) is 0 Å². The van der Waals surface area contributed by atoms with Crippen molar-refractivity contribution >= 4 is 22.6 Å². The number of hydrogen-bond donors (Lipinski definition) is 0. The maximum Gasteiger partial charge on any atom is 0.336 e. The second kappa shape index (κ2) is 5.70. The lowest BCUT2D eigenvalue weighted by Gasteiger charge is -2.07. The highest BCUT2D eigenvalue weighted by atomic mass is 35.5. The number of esters is 1.